The van der Waals surface area contributed by atoms with Gasteiger partial charge in [0.2, 0.25) is 0 Å². The highest BCUT2D eigenvalue weighted by molar-refractivity contribution is 5.95. The second-order valence-electron chi connectivity index (χ2n) is 4.83. The third-order valence-electron chi connectivity index (χ3n) is 3.68. The van der Waals surface area contributed by atoms with Gasteiger partial charge in [0.15, 0.2) is 0 Å². The van der Waals surface area contributed by atoms with Crippen molar-refractivity contribution in [3.8, 4) is 0 Å². The molecule has 0 aliphatic carbocycles. The summed E-state index contributed by atoms with van der Waals surface area (Å²) >= 11 is 0. The van der Waals surface area contributed by atoms with Gasteiger partial charge in [0.05, 0.1) is 5.56 Å². The van der Waals surface area contributed by atoms with E-state index in [0.717, 1.165) is 35.9 Å². The largest absolute Gasteiger partial charge is 0.478 e. The highest BCUT2D eigenvalue weighted by Crippen LogP contribution is 2.26. The molecule has 0 unspecified atom stereocenters. The van der Waals surface area contributed by atoms with E-state index in [4.69, 9.17) is 5.11 Å². The molecule has 0 atom stereocenters. The number of fused-ring (bicyclic) bond motifs is 1. The summed E-state index contributed by atoms with van der Waals surface area (Å²) in [5.74, 6) is -0.877. The monoisotopic (exact) mass is 257 g/mol. The molecule has 3 nitrogen and oxygen atoms in total. The molecule has 0 aliphatic heterocycles. The first-order valence-corrected chi connectivity index (χ1v) is 6.50. The van der Waals surface area contributed by atoms with Crippen molar-refractivity contribution in [1.29, 1.82) is 0 Å². The standard InChI is InChI=1S/C16H19NO2/c1-4-5-6-9-17-12(3)11(2)14-10-13(16(18)19)7-8-15(14)17/h4,7-8,10H,1,5-6,9H2,2-3H3,(H,18,19). The van der Waals surface area contributed by atoms with E-state index < -0.39 is 5.97 Å². The Kier molecular flexibility index (Phi) is 3.74. The fraction of sp³-hybridized carbons (Fsp3) is 0.312. The van der Waals surface area contributed by atoms with Crippen LogP contribution in [0.5, 0.6) is 0 Å². The first-order chi connectivity index (χ1) is 9.06. The van der Waals surface area contributed by atoms with Crippen LogP contribution in [0.3, 0.4) is 0 Å². The molecule has 0 saturated carbocycles. The number of carboxylic acids is 1. The Hall–Kier alpha value is -2.03. The lowest BCUT2D eigenvalue weighted by atomic mass is 10.1. The normalized spacial score (nSPS) is 10.8. The van der Waals surface area contributed by atoms with Crippen LogP contribution in [-0.2, 0) is 6.54 Å². The number of aromatic nitrogens is 1. The van der Waals surface area contributed by atoms with Gasteiger partial charge >= 0.3 is 5.97 Å². The number of carbonyl (C=O) groups is 1. The number of hydrogen-bond donors (Lipinski definition) is 1. The van der Waals surface area contributed by atoms with Crippen molar-refractivity contribution in [3.63, 3.8) is 0 Å². The maximum Gasteiger partial charge on any atom is 0.335 e. The summed E-state index contributed by atoms with van der Waals surface area (Å²) in [5, 5.41) is 10.1. The summed E-state index contributed by atoms with van der Waals surface area (Å²) in [6.45, 7) is 8.81. The minimum atomic E-state index is -0.877. The fourth-order valence-corrected chi connectivity index (χ4v) is 2.46. The van der Waals surface area contributed by atoms with E-state index >= 15 is 0 Å². The van der Waals surface area contributed by atoms with Gasteiger partial charge in [-0.15, -0.1) is 6.58 Å². The molecule has 19 heavy (non-hydrogen) atoms. The summed E-state index contributed by atoms with van der Waals surface area (Å²) in [4.78, 5) is 11.0. The molecular formula is C16H19NO2. The highest BCUT2D eigenvalue weighted by Gasteiger charge is 2.12. The maximum atomic E-state index is 11.0. The van der Waals surface area contributed by atoms with Gasteiger partial charge in [-0.25, -0.2) is 4.79 Å². The summed E-state index contributed by atoms with van der Waals surface area (Å²) < 4.78 is 2.26. The van der Waals surface area contributed by atoms with E-state index in [2.05, 4.69) is 18.1 Å². The zero-order chi connectivity index (χ0) is 14.0. The van der Waals surface area contributed by atoms with Crippen molar-refractivity contribution in [1.82, 2.24) is 4.57 Å². The van der Waals surface area contributed by atoms with Crippen LogP contribution in [0.1, 0.15) is 34.5 Å². The number of carboxylic acid groups (broad SMARTS) is 1. The van der Waals surface area contributed by atoms with E-state index in [-0.39, 0.29) is 0 Å². The predicted molar refractivity (Wildman–Crippen MR) is 77.8 cm³/mol. The first-order valence-electron chi connectivity index (χ1n) is 6.50. The number of hydrogen-bond acceptors (Lipinski definition) is 1. The van der Waals surface area contributed by atoms with Crippen LogP contribution in [0.2, 0.25) is 0 Å². The average Bonchev–Trinajstić information content (AvgIpc) is 2.63. The van der Waals surface area contributed by atoms with E-state index in [9.17, 15) is 4.79 Å². The van der Waals surface area contributed by atoms with E-state index in [1.54, 1.807) is 12.1 Å². The van der Waals surface area contributed by atoms with Gasteiger partial charge < -0.3 is 9.67 Å². The number of allylic oxidation sites excluding steroid dienone is 1. The summed E-state index contributed by atoms with van der Waals surface area (Å²) in [6, 6.07) is 5.35. The number of aryl methyl sites for hydroxylation is 2. The summed E-state index contributed by atoms with van der Waals surface area (Å²) in [7, 11) is 0. The smallest absolute Gasteiger partial charge is 0.335 e. The second kappa shape index (κ2) is 5.31. The van der Waals surface area contributed by atoms with Crippen molar-refractivity contribution in [3.05, 3.63) is 47.7 Å². The molecule has 0 radical (unpaired) electrons. The topological polar surface area (TPSA) is 42.2 Å². The molecule has 100 valence electrons. The molecule has 0 amide bonds. The van der Waals surface area contributed by atoms with Crippen LogP contribution in [0.4, 0.5) is 0 Å². The molecular weight excluding hydrogens is 238 g/mol. The van der Waals surface area contributed by atoms with Crippen molar-refractivity contribution in [2.45, 2.75) is 33.2 Å². The number of benzene rings is 1. The Morgan fingerprint density at radius 1 is 1.42 bits per heavy atom. The second-order valence-corrected chi connectivity index (χ2v) is 4.83. The first kappa shape index (κ1) is 13.4. The third kappa shape index (κ3) is 2.41. The molecule has 0 fully saturated rings. The Morgan fingerprint density at radius 3 is 2.79 bits per heavy atom. The minimum absolute atomic E-state index is 0.346. The average molecular weight is 257 g/mol. The predicted octanol–water partition coefficient (Wildman–Crippen LogP) is 3.92. The van der Waals surface area contributed by atoms with Crippen molar-refractivity contribution < 1.29 is 9.90 Å². The lowest BCUT2D eigenvalue weighted by Crippen LogP contribution is -2.00. The van der Waals surface area contributed by atoms with Crippen LogP contribution >= 0.6 is 0 Å². The van der Waals surface area contributed by atoms with Crippen molar-refractivity contribution in [2.75, 3.05) is 0 Å². The molecule has 0 spiro atoms. The SMILES string of the molecule is C=CCCCn1c(C)c(C)c2cc(C(=O)O)ccc21. The Balaban J connectivity index is 2.50. The molecule has 3 heteroatoms. The molecule has 0 saturated heterocycles. The van der Waals surface area contributed by atoms with Gasteiger partial charge in [0.25, 0.3) is 0 Å². The molecule has 0 bridgehead atoms. The lowest BCUT2D eigenvalue weighted by molar-refractivity contribution is 0.0697. The molecule has 1 aromatic carbocycles. The van der Waals surface area contributed by atoms with Crippen LogP contribution in [-0.4, -0.2) is 15.6 Å². The Labute approximate surface area is 113 Å². The van der Waals surface area contributed by atoms with Gasteiger partial charge in [-0.05, 0) is 50.5 Å². The summed E-state index contributed by atoms with van der Waals surface area (Å²) in [5.41, 5.74) is 3.83. The maximum absolute atomic E-state index is 11.0. The molecule has 0 aliphatic rings. The van der Waals surface area contributed by atoms with E-state index in [1.165, 1.54) is 5.69 Å². The third-order valence-corrected chi connectivity index (χ3v) is 3.68. The van der Waals surface area contributed by atoms with Crippen LogP contribution < -0.4 is 0 Å². The van der Waals surface area contributed by atoms with E-state index in [1.807, 2.05) is 19.1 Å². The van der Waals surface area contributed by atoms with Crippen LogP contribution in [0.15, 0.2) is 30.9 Å². The number of unbranched alkanes of at least 4 members (excludes halogenated alkanes) is 1. The molecule has 2 aromatic rings. The van der Waals surface area contributed by atoms with Crippen LogP contribution in [0.25, 0.3) is 10.9 Å². The molecule has 1 heterocycles. The Bertz CT molecular complexity index is 638. The number of rotatable bonds is 5. The minimum Gasteiger partial charge on any atom is -0.478 e. The molecule has 1 N–H and O–H groups in total. The van der Waals surface area contributed by atoms with E-state index in [0.29, 0.717) is 5.56 Å². The lowest BCUT2D eigenvalue weighted by Gasteiger charge is -2.07. The van der Waals surface area contributed by atoms with Crippen molar-refractivity contribution >= 4 is 16.9 Å². The van der Waals surface area contributed by atoms with Crippen molar-refractivity contribution in [2.24, 2.45) is 0 Å². The Morgan fingerprint density at radius 2 is 2.16 bits per heavy atom. The fourth-order valence-electron chi connectivity index (χ4n) is 2.46. The van der Waals surface area contributed by atoms with Gasteiger partial charge in [-0.2, -0.15) is 0 Å². The van der Waals surface area contributed by atoms with Crippen LogP contribution in [0, 0.1) is 13.8 Å². The quantitative estimate of drug-likeness (QED) is 0.651. The number of nitrogens with zero attached hydrogens (tertiary/aromatic N) is 1. The highest BCUT2D eigenvalue weighted by atomic mass is 16.4. The van der Waals surface area contributed by atoms with Gasteiger partial charge in [0.1, 0.15) is 0 Å². The zero-order valence-corrected chi connectivity index (χ0v) is 11.4. The number of aromatic carboxylic acids is 1. The zero-order valence-electron chi connectivity index (χ0n) is 11.4. The van der Waals surface area contributed by atoms with Gasteiger partial charge in [-0.1, -0.05) is 6.08 Å². The molecule has 2 rings (SSSR count). The van der Waals surface area contributed by atoms with Gasteiger partial charge in [0, 0.05) is 23.1 Å². The molecule has 1 aromatic heterocycles. The summed E-state index contributed by atoms with van der Waals surface area (Å²) in [6.07, 6.45) is 3.97. The van der Waals surface area contributed by atoms with Gasteiger partial charge in [-0.3, -0.25) is 0 Å².